The van der Waals surface area contributed by atoms with Crippen molar-refractivity contribution in [2.24, 2.45) is 5.84 Å². The van der Waals surface area contributed by atoms with Gasteiger partial charge >= 0.3 is 0 Å². The maximum absolute atomic E-state index is 5.67. The van der Waals surface area contributed by atoms with E-state index in [9.17, 15) is 0 Å². The standard InChI is InChI=1S/C13H14N4O2S/c14-17-13-15-5-4-12(16-13)20-9-2-3-10-11(8-9)19-7-1-6-18-10/h2-5,8H,1,6-7,14H2,(H,15,16,17). The summed E-state index contributed by atoms with van der Waals surface area (Å²) in [5.41, 5.74) is 2.43. The average Bonchev–Trinajstić information content (AvgIpc) is 2.72. The first-order chi connectivity index (χ1) is 9.85. The van der Waals surface area contributed by atoms with E-state index in [-0.39, 0.29) is 0 Å². The lowest BCUT2D eigenvalue weighted by molar-refractivity contribution is 0.297. The molecule has 0 aliphatic carbocycles. The minimum absolute atomic E-state index is 0.393. The van der Waals surface area contributed by atoms with Crippen molar-refractivity contribution in [2.45, 2.75) is 16.3 Å². The number of nitrogens with zero attached hydrogens (tertiary/aromatic N) is 2. The van der Waals surface area contributed by atoms with Crippen molar-refractivity contribution in [3.05, 3.63) is 30.5 Å². The van der Waals surface area contributed by atoms with E-state index in [1.807, 2.05) is 24.3 Å². The van der Waals surface area contributed by atoms with E-state index in [4.69, 9.17) is 15.3 Å². The van der Waals surface area contributed by atoms with Crippen molar-refractivity contribution in [1.29, 1.82) is 0 Å². The van der Waals surface area contributed by atoms with Crippen molar-refractivity contribution < 1.29 is 9.47 Å². The average molecular weight is 290 g/mol. The van der Waals surface area contributed by atoms with E-state index in [0.29, 0.717) is 19.2 Å². The highest BCUT2D eigenvalue weighted by molar-refractivity contribution is 7.99. The monoisotopic (exact) mass is 290 g/mol. The van der Waals surface area contributed by atoms with Crippen LogP contribution in [-0.2, 0) is 0 Å². The fourth-order valence-corrected chi connectivity index (χ4v) is 2.60. The molecule has 1 aromatic heterocycles. The number of nitrogen functional groups attached to an aromatic ring is 1. The van der Waals surface area contributed by atoms with Crippen molar-refractivity contribution in [2.75, 3.05) is 18.6 Å². The molecule has 20 heavy (non-hydrogen) atoms. The van der Waals surface area contributed by atoms with Crippen LogP contribution in [0.3, 0.4) is 0 Å². The lowest BCUT2D eigenvalue weighted by Crippen LogP contribution is -2.10. The molecule has 1 aliphatic rings. The Bertz CT molecular complexity index is 609. The van der Waals surface area contributed by atoms with Crippen LogP contribution in [0, 0.1) is 0 Å². The molecule has 2 heterocycles. The number of benzene rings is 1. The van der Waals surface area contributed by atoms with Gasteiger partial charge in [0.05, 0.1) is 13.2 Å². The molecule has 1 aliphatic heterocycles. The molecule has 0 unspecified atom stereocenters. The van der Waals surface area contributed by atoms with Gasteiger partial charge in [0, 0.05) is 17.5 Å². The van der Waals surface area contributed by atoms with E-state index in [0.717, 1.165) is 27.8 Å². The summed E-state index contributed by atoms with van der Waals surface area (Å²) in [6.45, 7) is 1.37. The molecule has 2 aromatic rings. The van der Waals surface area contributed by atoms with Gasteiger partial charge in [-0.1, -0.05) is 11.8 Å². The Morgan fingerprint density at radius 2 is 2.00 bits per heavy atom. The van der Waals surface area contributed by atoms with Gasteiger partial charge < -0.3 is 9.47 Å². The number of rotatable bonds is 3. The second kappa shape index (κ2) is 5.98. The van der Waals surface area contributed by atoms with Gasteiger partial charge in [0.25, 0.3) is 0 Å². The molecule has 0 bridgehead atoms. The number of hydrazine groups is 1. The first kappa shape index (κ1) is 13.0. The van der Waals surface area contributed by atoms with Gasteiger partial charge in [-0.2, -0.15) is 0 Å². The van der Waals surface area contributed by atoms with Gasteiger partial charge in [-0.3, -0.25) is 5.43 Å². The van der Waals surface area contributed by atoms with Gasteiger partial charge in [-0.25, -0.2) is 15.8 Å². The van der Waals surface area contributed by atoms with Crippen LogP contribution in [0.15, 0.2) is 40.4 Å². The molecule has 3 N–H and O–H groups in total. The maximum atomic E-state index is 5.67. The third kappa shape index (κ3) is 2.94. The lowest BCUT2D eigenvalue weighted by atomic mass is 10.3. The Morgan fingerprint density at radius 1 is 1.15 bits per heavy atom. The second-order valence-electron chi connectivity index (χ2n) is 4.12. The van der Waals surface area contributed by atoms with Crippen LogP contribution in [0.2, 0.25) is 0 Å². The summed E-state index contributed by atoms with van der Waals surface area (Å²) in [6.07, 6.45) is 2.56. The quantitative estimate of drug-likeness (QED) is 0.508. The SMILES string of the molecule is NNc1nccc(Sc2ccc3c(c2)OCCCO3)n1. The summed E-state index contributed by atoms with van der Waals surface area (Å²) in [5, 5.41) is 0.808. The summed E-state index contributed by atoms with van der Waals surface area (Å²) >= 11 is 1.51. The molecule has 7 heteroatoms. The van der Waals surface area contributed by atoms with Gasteiger partial charge in [-0.05, 0) is 24.3 Å². The molecule has 0 atom stereocenters. The summed E-state index contributed by atoms with van der Waals surface area (Å²) in [7, 11) is 0. The molecular formula is C13H14N4O2S. The minimum Gasteiger partial charge on any atom is -0.490 e. The highest BCUT2D eigenvalue weighted by atomic mass is 32.2. The van der Waals surface area contributed by atoms with E-state index in [1.54, 1.807) is 6.20 Å². The number of nitrogens with two attached hydrogens (primary N) is 1. The number of hydrogen-bond acceptors (Lipinski definition) is 7. The molecule has 3 rings (SSSR count). The molecule has 0 fully saturated rings. The molecule has 0 radical (unpaired) electrons. The molecule has 0 saturated heterocycles. The second-order valence-corrected chi connectivity index (χ2v) is 5.22. The smallest absolute Gasteiger partial charge is 0.238 e. The minimum atomic E-state index is 0.393. The van der Waals surface area contributed by atoms with Crippen LogP contribution < -0.4 is 20.7 Å². The molecular weight excluding hydrogens is 276 g/mol. The number of nitrogens with one attached hydrogen (secondary N) is 1. The maximum Gasteiger partial charge on any atom is 0.238 e. The number of aromatic nitrogens is 2. The van der Waals surface area contributed by atoms with Gasteiger partial charge in [0.1, 0.15) is 5.03 Å². The highest BCUT2D eigenvalue weighted by Crippen LogP contribution is 2.36. The Labute approximate surface area is 120 Å². The fraction of sp³-hybridized carbons (Fsp3) is 0.231. The summed E-state index contributed by atoms with van der Waals surface area (Å²) < 4.78 is 11.3. The highest BCUT2D eigenvalue weighted by Gasteiger charge is 2.11. The van der Waals surface area contributed by atoms with Crippen LogP contribution in [0.4, 0.5) is 5.95 Å². The lowest BCUT2D eigenvalue weighted by Gasteiger charge is -2.09. The summed E-state index contributed by atoms with van der Waals surface area (Å²) in [4.78, 5) is 9.26. The number of hydrogen-bond donors (Lipinski definition) is 2. The number of anilines is 1. The van der Waals surface area contributed by atoms with Crippen LogP contribution in [0.5, 0.6) is 11.5 Å². The Kier molecular flexibility index (Phi) is 3.89. The van der Waals surface area contributed by atoms with E-state index >= 15 is 0 Å². The molecule has 0 saturated carbocycles. The Morgan fingerprint density at radius 3 is 2.85 bits per heavy atom. The first-order valence-electron chi connectivity index (χ1n) is 6.22. The largest absolute Gasteiger partial charge is 0.490 e. The van der Waals surface area contributed by atoms with Crippen molar-refractivity contribution in [3.8, 4) is 11.5 Å². The molecule has 104 valence electrons. The van der Waals surface area contributed by atoms with Crippen LogP contribution in [0.25, 0.3) is 0 Å². The zero-order valence-corrected chi connectivity index (χ0v) is 11.5. The van der Waals surface area contributed by atoms with Gasteiger partial charge in [-0.15, -0.1) is 0 Å². The molecule has 0 amide bonds. The summed E-state index contributed by atoms with van der Waals surface area (Å²) in [5.74, 6) is 7.26. The zero-order valence-electron chi connectivity index (χ0n) is 10.7. The fourth-order valence-electron chi connectivity index (χ4n) is 1.80. The van der Waals surface area contributed by atoms with Crippen molar-refractivity contribution in [3.63, 3.8) is 0 Å². The zero-order chi connectivity index (χ0) is 13.8. The predicted molar refractivity (Wildman–Crippen MR) is 76.0 cm³/mol. The van der Waals surface area contributed by atoms with Crippen molar-refractivity contribution >= 4 is 17.7 Å². The topological polar surface area (TPSA) is 82.3 Å². The normalized spacial score (nSPS) is 13.7. The van der Waals surface area contributed by atoms with Crippen LogP contribution in [0.1, 0.15) is 6.42 Å². The number of fused-ring (bicyclic) bond motifs is 1. The van der Waals surface area contributed by atoms with E-state index in [1.165, 1.54) is 11.8 Å². The van der Waals surface area contributed by atoms with Gasteiger partial charge in [0.15, 0.2) is 11.5 Å². The van der Waals surface area contributed by atoms with Crippen LogP contribution >= 0.6 is 11.8 Å². The Hall–Kier alpha value is -1.99. The molecule has 0 spiro atoms. The van der Waals surface area contributed by atoms with E-state index in [2.05, 4.69) is 15.4 Å². The predicted octanol–water partition coefficient (Wildman–Crippen LogP) is 2.07. The molecule has 6 nitrogen and oxygen atoms in total. The van der Waals surface area contributed by atoms with Gasteiger partial charge in [0.2, 0.25) is 5.95 Å². The third-order valence-corrected chi connectivity index (χ3v) is 3.63. The van der Waals surface area contributed by atoms with Crippen molar-refractivity contribution in [1.82, 2.24) is 9.97 Å². The third-order valence-electron chi connectivity index (χ3n) is 2.70. The summed E-state index contributed by atoms with van der Waals surface area (Å²) in [6, 6.07) is 7.69. The van der Waals surface area contributed by atoms with E-state index < -0.39 is 0 Å². The Balaban J connectivity index is 1.82. The first-order valence-corrected chi connectivity index (χ1v) is 7.04. The number of ether oxygens (including phenoxy) is 2. The molecule has 1 aromatic carbocycles. The van der Waals surface area contributed by atoms with Crippen LogP contribution in [-0.4, -0.2) is 23.2 Å².